The highest BCUT2D eigenvalue weighted by atomic mass is 19.3. The topological polar surface area (TPSA) is 76.5 Å². The van der Waals surface area contributed by atoms with E-state index in [-0.39, 0.29) is 12.1 Å². The van der Waals surface area contributed by atoms with Crippen molar-refractivity contribution in [3.63, 3.8) is 0 Å². The van der Waals surface area contributed by atoms with Crippen LogP contribution in [0.1, 0.15) is 41.0 Å². The van der Waals surface area contributed by atoms with Gasteiger partial charge < -0.3 is 9.72 Å². The van der Waals surface area contributed by atoms with E-state index in [9.17, 15) is 18.4 Å². The van der Waals surface area contributed by atoms with Crippen LogP contribution in [0.5, 0.6) is 0 Å². The zero-order chi connectivity index (χ0) is 19.9. The van der Waals surface area contributed by atoms with Crippen LogP contribution in [-0.4, -0.2) is 27.2 Å². The Morgan fingerprint density at radius 2 is 2.00 bits per heavy atom. The third-order valence-corrected chi connectivity index (χ3v) is 4.35. The molecule has 142 valence electrons. The number of halogens is 2. The fourth-order valence-corrected chi connectivity index (χ4v) is 2.90. The van der Waals surface area contributed by atoms with Gasteiger partial charge >= 0.3 is 5.97 Å². The summed E-state index contributed by atoms with van der Waals surface area (Å²) in [6.45, 7) is 6.06. The number of aromatic nitrogens is 3. The Morgan fingerprint density at radius 1 is 1.30 bits per heavy atom. The number of H-pyrrole nitrogens is 1. The predicted molar refractivity (Wildman–Crippen MR) is 96.2 cm³/mol. The minimum absolute atomic E-state index is 0.00564. The highest BCUT2D eigenvalue weighted by molar-refractivity contribution is 5.92. The molecule has 1 N–H and O–H groups in total. The summed E-state index contributed by atoms with van der Waals surface area (Å²) in [5.41, 5.74) is 0.764. The minimum Gasteiger partial charge on any atom is -0.461 e. The third kappa shape index (κ3) is 3.34. The van der Waals surface area contributed by atoms with Crippen LogP contribution in [0, 0.1) is 13.8 Å². The lowest BCUT2D eigenvalue weighted by molar-refractivity contribution is 0.0156. The number of hydrogen-bond donors (Lipinski definition) is 1. The highest BCUT2D eigenvalue weighted by Crippen LogP contribution is 2.33. The molecule has 0 aliphatic rings. The first-order valence-electron chi connectivity index (χ1n) is 8.42. The number of ether oxygens (including phenoxy) is 1. The van der Waals surface area contributed by atoms with Crippen LogP contribution < -0.4 is 5.56 Å². The van der Waals surface area contributed by atoms with Crippen LogP contribution in [0.4, 0.5) is 8.78 Å². The number of carbonyl (C=O) groups excluding carboxylic acids is 1. The summed E-state index contributed by atoms with van der Waals surface area (Å²) in [5.74, 6) is -4.44. The number of esters is 1. The van der Waals surface area contributed by atoms with Gasteiger partial charge in [0.25, 0.3) is 11.5 Å². The van der Waals surface area contributed by atoms with Crippen molar-refractivity contribution in [1.82, 2.24) is 14.6 Å². The van der Waals surface area contributed by atoms with E-state index in [4.69, 9.17) is 4.74 Å². The van der Waals surface area contributed by atoms with Gasteiger partial charge in [0, 0.05) is 6.92 Å². The zero-order valence-electron chi connectivity index (χ0n) is 15.4. The maximum absolute atomic E-state index is 14.2. The Hall–Kier alpha value is -3.03. The summed E-state index contributed by atoms with van der Waals surface area (Å²) in [6, 6.07) is 5.58. The van der Waals surface area contributed by atoms with Crippen molar-refractivity contribution in [2.24, 2.45) is 0 Å². The Bertz CT molecular complexity index is 1090. The van der Waals surface area contributed by atoms with Crippen LogP contribution in [-0.2, 0) is 10.7 Å². The average Bonchev–Trinajstić information content (AvgIpc) is 2.98. The van der Waals surface area contributed by atoms with E-state index in [1.807, 2.05) is 32.0 Å². The van der Waals surface area contributed by atoms with Crippen molar-refractivity contribution in [3.05, 3.63) is 57.1 Å². The molecular formula is C19H19F2N3O3. The van der Waals surface area contributed by atoms with Crippen molar-refractivity contribution >= 4 is 11.5 Å². The number of alkyl halides is 2. The monoisotopic (exact) mass is 375 g/mol. The molecule has 0 unspecified atom stereocenters. The molecule has 0 saturated heterocycles. The lowest BCUT2D eigenvalue weighted by atomic mass is 10.0. The molecule has 0 spiro atoms. The molecule has 1 aromatic carbocycles. The highest BCUT2D eigenvalue weighted by Gasteiger charge is 2.37. The molecule has 27 heavy (non-hydrogen) atoms. The SMILES string of the molecule is CCOC(=O)c1nn2cc(-c3ccc(C)c(C)c3)[nH]c(=O)c2c1C(C)(F)F. The van der Waals surface area contributed by atoms with Crippen molar-refractivity contribution in [2.75, 3.05) is 6.61 Å². The number of aryl methyl sites for hydroxylation is 2. The van der Waals surface area contributed by atoms with E-state index in [0.717, 1.165) is 15.6 Å². The average molecular weight is 375 g/mol. The molecule has 0 amide bonds. The molecule has 0 bridgehead atoms. The Kier molecular flexibility index (Phi) is 4.59. The molecule has 6 nitrogen and oxygen atoms in total. The van der Waals surface area contributed by atoms with E-state index in [1.54, 1.807) is 6.92 Å². The zero-order valence-corrected chi connectivity index (χ0v) is 15.4. The number of carbonyl (C=O) groups is 1. The second-order valence-electron chi connectivity index (χ2n) is 6.42. The summed E-state index contributed by atoms with van der Waals surface area (Å²) in [5, 5.41) is 3.93. The molecule has 0 aliphatic heterocycles. The van der Waals surface area contributed by atoms with Gasteiger partial charge in [-0.25, -0.2) is 18.1 Å². The van der Waals surface area contributed by atoms with Gasteiger partial charge in [0.15, 0.2) is 5.69 Å². The fourth-order valence-electron chi connectivity index (χ4n) is 2.90. The standard InChI is InChI=1S/C19H19F2N3O3/c1-5-27-18(26)15-14(19(4,20)21)16-17(25)22-13(9-24(16)23-15)12-7-6-10(2)11(3)8-12/h6-9H,5H2,1-4H3,(H,22,25). The van der Waals surface area contributed by atoms with Crippen LogP contribution in [0.2, 0.25) is 0 Å². The van der Waals surface area contributed by atoms with Gasteiger partial charge in [0.05, 0.1) is 24.1 Å². The number of fused-ring (bicyclic) bond motifs is 1. The first kappa shape index (κ1) is 18.8. The van der Waals surface area contributed by atoms with Crippen molar-refractivity contribution in [1.29, 1.82) is 0 Å². The van der Waals surface area contributed by atoms with Gasteiger partial charge in [-0.2, -0.15) is 5.10 Å². The van der Waals surface area contributed by atoms with E-state index >= 15 is 0 Å². The van der Waals surface area contributed by atoms with Gasteiger partial charge in [-0.05, 0) is 43.5 Å². The summed E-state index contributed by atoms with van der Waals surface area (Å²) < 4.78 is 34.2. The maximum Gasteiger partial charge on any atom is 0.359 e. The molecule has 2 aromatic heterocycles. The normalized spacial score (nSPS) is 11.8. The summed E-state index contributed by atoms with van der Waals surface area (Å²) in [4.78, 5) is 27.3. The van der Waals surface area contributed by atoms with Crippen LogP contribution in [0.15, 0.2) is 29.2 Å². The lowest BCUT2D eigenvalue weighted by Gasteiger charge is -2.10. The molecule has 3 aromatic rings. The molecule has 3 rings (SSSR count). The number of rotatable bonds is 4. The fraction of sp³-hybridized carbons (Fsp3) is 0.316. The smallest absolute Gasteiger partial charge is 0.359 e. The van der Waals surface area contributed by atoms with E-state index < -0.39 is 28.7 Å². The number of nitrogens with one attached hydrogen (secondary N) is 1. The van der Waals surface area contributed by atoms with Gasteiger partial charge in [-0.1, -0.05) is 12.1 Å². The Labute approximate surface area is 153 Å². The van der Waals surface area contributed by atoms with Gasteiger partial charge in [0.1, 0.15) is 5.52 Å². The molecule has 0 aliphatic carbocycles. The second kappa shape index (κ2) is 6.61. The summed E-state index contributed by atoms with van der Waals surface area (Å²) >= 11 is 0. The molecule has 0 radical (unpaired) electrons. The number of nitrogens with zero attached hydrogens (tertiary/aromatic N) is 2. The number of aromatic amines is 1. The molecule has 0 fully saturated rings. The Balaban J connectivity index is 2.28. The van der Waals surface area contributed by atoms with Crippen molar-refractivity contribution in [2.45, 2.75) is 33.6 Å². The van der Waals surface area contributed by atoms with Crippen LogP contribution in [0.3, 0.4) is 0 Å². The first-order valence-corrected chi connectivity index (χ1v) is 8.42. The van der Waals surface area contributed by atoms with Crippen molar-refractivity contribution < 1.29 is 18.3 Å². The third-order valence-electron chi connectivity index (χ3n) is 4.35. The van der Waals surface area contributed by atoms with Crippen molar-refractivity contribution in [3.8, 4) is 11.3 Å². The minimum atomic E-state index is -3.45. The quantitative estimate of drug-likeness (QED) is 0.707. The Morgan fingerprint density at radius 3 is 2.59 bits per heavy atom. The van der Waals surface area contributed by atoms with Crippen LogP contribution >= 0.6 is 0 Å². The number of hydrogen-bond acceptors (Lipinski definition) is 4. The molecular weight excluding hydrogens is 356 g/mol. The first-order chi connectivity index (χ1) is 12.6. The summed E-state index contributed by atoms with van der Waals surface area (Å²) in [6.07, 6.45) is 1.42. The maximum atomic E-state index is 14.2. The molecule has 2 heterocycles. The molecule has 0 saturated carbocycles. The second-order valence-corrected chi connectivity index (χ2v) is 6.42. The largest absolute Gasteiger partial charge is 0.461 e. The van der Waals surface area contributed by atoms with Gasteiger partial charge in [-0.3, -0.25) is 4.79 Å². The molecule has 0 atom stereocenters. The lowest BCUT2D eigenvalue weighted by Crippen LogP contribution is -2.18. The summed E-state index contributed by atoms with van der Waals surface area (Å²) in [7, 11) is 0. The molecule has 8 heteroatoms. The van der Waals surface area contributed by atoms with Gasteiger partial charge in [-0.15, -0.1) is 0 Å². The van der Waals surface area contributed by atoms with E-state index in [0.29, 0.717) is 18.2 Å². The predicted octanol–water partition coefficient (Wildman–Crippen LogP) is 3.59. The number of benzene rings is 1. The van der Waals surface area contributed by atoms with E-state index in [1.165, 1.54) is 6.20 Å². The van der Waals surface area contributed by atoms with Gasteiger partial charge in [0.2, 0.25) is 0 Å². The van der Waals surface area contributed by atoms with Crippen LogP contribution in [0.25, 0.3) is 16.8 Å². The van der Waals surface area contributed by atoms with E-state index in [2.05, 4.69) is 10.1 Å².